The Labute approximate surface area is 289 Å². The van der Waals surface area contributed by atoms with E-state index >= 15 is 0 Å². The van der Waals surface area contributed by atoms with Gasteiger partial charge >= 0.3 is 5.97 Å². The van der Waals surface area contributed by atoms with Crippen LogP contribution in [-0.2, 0) is 11.4 Å². The minimum atomic E-state index is -0.164. The molecule has 0 bridgehead atoms. The molecular formula is C41H38N2O3S2. The summed E-state index contributed by atoms with van der Waals surface area (Å²) in [6, 6.07) is 34.8. The molecule has 1 atom stereocenters. The van der Waals surface area contributed by atoms with Crippen molar-refractivity contribution < 1.29 is 14.3 Å². The van der Waals surface area contributed by atoms with Crippen molar-refractivity contribution in [3.8, 4) is 33.8 Å². The number of esters is 1. The molecule has 5 nitrogen and oxygen atoms in total. The van der Waals surface area contributed by atoms with Crippen molar-refractivity contribution in [3.63, 3.8) is 0 Å². The molecule has 3 heterocycles. The van der Waals surface area contributed by atoms with E-state index in [1.807, 2.05) is 83.1 Å². The van der Waals surface area contributed by atoms with Crippen LogP contribution in [0.15, 0.2) is 103 Å². The lowest BCUT2D eigenvalue weighted by molar-refractivity contribution is -0.134. The number of carbonyl (C=O) groups excluding carboxylic acids is 1. The van der Waals surface area contributed by atoms with Crippen molar-refractivity contribution in [1.82, 2.24) is 9.97 Å². The summed E-state index contributed by atoms with van der Waals surface area (Å²) in [7, 11) is 3.96. The molecule has 48 heavy (non-hydrogen) atoms. The quantitative estimate of drug-likeness (QED) is 0.0447. The molecule has 0 radical (unpaired) electrons. The first-order valence-electron chi connectivity index (χ1n) is 16.6. The standard InChI is InChI=1S/C41H38N2O3S2/c1-27-37(30-14-18-34(19-15-30)45-26-29-8-4-3-5-9-29)24-32-12-13-33-25-38(28(2)43-41(33)40(32)42-27)31-16-20-35(21-17-31)46-39(44)11-7-6-10-36-22-23-47-48-36/h3-5,8-9,12-21,24-25,36H,6-7,10-11,22-23,26H2,1-2H3. The maximum atomic E-state index is 12.4. The fourth-order valence-electron chi connectivity index (χ4n) is 6.20. The van der Waals surface area contributed by atoms with Gasteiger partial charge in [-0.3, -0.25) is 14.8 Å². The van der Waals surface area contributed by atoms with Crippen LogP contribution in [0, 0.1) is 13.8 Å². The highest BCUT2D eigenvalue weighted by Crippen LogP contribution is 2.40. The second-order valence-corrected chi connectivity index (χ2v) is 15.1. The van der Waals surface area contributed by atoms with E-state index in [1.54, 1.807) is 0 Å². The molecule has 7 rings (SSSR count). The van der Waals surface area contributed by atoms with Crippen LogP contribution in [0.1, 0.15) is 49.1 Å². The largest absolute Gasteiger partial charge is 0.489 e. The molecule has 7 heteroatoms. The lowest BCUT2D eigenvalue weighted by Crippen LogP contribution is -2.08. The lowest BCUT2D eigenvalue weighted by Gasteiger charge is -2.13. The van der Waals surface area contributed by atoms with Crippen LogP contribution in [-0.4, -0.2) is 26.9 Å². The number of pyridine rings is 2. The first kappa shape index (κ1) is 32.2. The Balaban J connectivity index is 1.04. The minimum absolute atomic E-state index is 0.164. The monoisotopic (exact) mass is 670 g/mol. The third-order valence-corrected chi connectivity index (χ3v) is 11.9. The molecule has 242 valence electrons. The van der Waals surface area contributed by atoms with E-state index in [1.165, 1.54) is 18.6 Å². The third kappa shape index (κ3) is 7.53. The molecule has 0 saturated carbocycles. The zero-order chi connectivity index (χ0) is 32.9. The number of benzene rings is 4. The van der Waals surface area contributed by atoms with Crippen LogP contribution < -0.4 is 9.47 Å². The number of nitrogens with zero attached hydrogens (tertiary/aromatic N) is 2. The summed E-state index contributed by atoms with van der Waals surface area (Å²) in [6.45, 7) is 4.63. The predicted molar refractivity (Wildman–Crippen MR) is 201 cm³/mol. The maximum absolute atomic E-state index is 12.4. The van der Waals surface area contributed by atoms with E-state index in [0.29, 0.717) is 18.8 Å². The van der Waals surface area contributed by atoms with Gasteiger partial charge < -0.3 is 9.47 Å². The minimum Gasteiger partial charge on any atom is -0.489 e. The molecule has 6 aromatic rings. The van der Waals surface area contributed by atoms with Gasteiger partial charge in [-0.25, -0.2) is 0 Å². The van der Waals surface area contributed by atoms with E-state index in [4.69, 9.17) is 19.4 Å². The van der Waals surface area contributed by atoms with Gasteiger partial charge in [0.1, 0.15) is 18.1 Å². The Morgan fingerprint density at radius 1 is 0.750 bits per heavy atom. The summed E-state index contributed by atoms with van der Waals surface area (Å²) in [4.78, 5) is 22.5. The Kier molecular flexibility index (Phi) is 9.96. The molecule has 0 amide bonds. The van der Waals surface area contributed by atoms with E-state index in [9.17, 15) is 4.79 Å². The number of aryl methyl sites for hydroxylation is 2. The Morgan fingerprint density at radius 2 is 1.35 bits per heavy atom. The average Bonchev–Trinajstić information content (AvgIpc) is 3.64. The summed E-state index contributed by atoms with van der Waals surface area (Å²) in [6.07, 6.45) is 4.88. The van der Waals surface area contributed by atoms with Gasteiger partial charge in [0.05, 0.1) is 11.0 Å². The van der Waals surface area contributed by atoms with E-state index in [0.717, 1.165) is 84.9 Å². The SMILES string of the molecule is Cc1nc2c(ccc3cc(-c4ccc(OC(=O)CCCCC5CCSS5)cc4)c(C)nc32)cc1-c1ccc(OCc2ccccc2)cc1. The van der Waals surface area contributed by atoms with Crippen molar-refractivity contribution >= 4 is 49.4 Å². The first-order chi connectivity index (χ1) is 23.5. The van der Waals surface area contributed by atoms with Crippen LogP contribution in [0.2, 0.25) is 0 Å². The Hall–Kier alpha value is -4.33. The van der Waals surface area contributed by atoms with Crippen LogP contribution in [0.3, 0.4) is 0 Å². The molecule has 0 aliphatic carbocycles. The van der Waals surface area contributed by atoms with Crippen molar-refractivity contribution in [2.75, 3.05) is 5.75 Å². The normalized spacial score (nSPS) is 14.4. The van der Waals surface area contributed by atoms with Gasteiger partial charge in [-0.2, -0.15) is 0 Å². The maximum Gasteiger partial charge on any atom is 0.311 e. The van der Waals surface area contributed by atoms with E-state index in [-0.39, 0.29) is 5.97 Å². The average molecular weight is 671 g/mol. The fourth-order valence-corrected chi connectivity index (χ4v) is 9.23. The zero-order valence-electron chi connectivity index (χ0n) is 27.3. The van der Waals surface area contributed by atoms with E-state index < -0.39 is 0 Å². The Bertz CT molecular complexity index is 2040. The molecule has 2 aromatic heterocycles. The lowest BCUT2D eigenvalue weighted by atomic mass is 9.98. The van der Waals surface area contributed by atoms with E-state index in [2.05, 4.69) is 55.5 Å². The predicted octanol–water partition coefficient (Wildman–Crippen LogP) is 10.9. The van der Waals surface area contributed by atoms with Crippen LogP contribution >= 0.6 is 21.6 Å². The van der Waals surface area contributed by atoms with Gasteiger partial charge in [-0.1, -0.05) is 94.7 Å². The number of unbranched alkanes of at least 4 members (excludes halogenated alkanes) is 1. The number of hydrogen-bond acceptors (Lipinski definition) is 7. The van der Waals surface area contributed by atoms with Gasteiger partial charge in [0, 0.05) is 50.7 Å². The van der Waals surface area contributed by atoms with Crippen LogP contribution in [0.5, 0.6) is 11.5 Å². The summed E-state index contributed by atoms with van der Waals surface area (Å²) < 4.78 is 11.6. The first-order valence-corrected chi connectivity index (χ1v) is 19.0. The fraction of sp³-hybridized carbons (Fsp3) is 0.244. The number of rotatable bonds is 11. The summed E-state index contributed by atoms with van der Waals surface area (Å²) in [5, 5.41) is 2.84. The zero-order valence-corrected chi connectivity index (χ0v) is 28.9. The van der Waals surface area contributed by atoms with Gasteiger partial charge in [-0.05, 0) is 86.2 Å². The number of aromatic nitrogens is 2. The smallest absolute Gasteiger partial charge is 0.311 e. The molecule has 1 unspecified atom stereocenters. The second kappa shape index (κ2) is 14.8. The molecule has 1 saturated heterocycles. The summed E-state index contributed by atoms with van der Waals surface area (Å²) in [5.41, 5.74) is 9.08. The number of hydrogen-bond donors (Lipinski definition) is 0. The molecule has 1 aliphatic heterocycles. The second-order valence-electron chi connectivity index (χ2n) is 12.3. The third-order valence-electron chi connectivity index (χ3n) is 8.85. The molecular weight excluding hydrogens is 633 g/mol. The summed E-state index contributed by atoms with van der Waals surface area (Å²) >= 11 is 0. The molecule has 0 N–H and O–H groups in total. The van der Waals surface area contributed by atoms with Crippen molar-refractivity contribution in [2.24, 2.45) is 0 Å². The molecule has 1 fully saturated rings. The number of carbonyl (C=O) groups is 1. The highest BCUT2D eigenvalue weighted by atomic mass is 33.1. The Morgan fingerprint density at radius 3 is 1.94 bits per heavy atom. The van der Waals surface area contributed by atoms with Gasteiger partial charge in [0.15, 0.2) is 0 Å². The van der Waals surface area contributed by atoms with Crippen LogP contribution in [0.4, 0.5) is 0 Å². The molecule has 1 aliphatic rings. The van der Waals surface area contributed by atoms with Crippen molar-refractivity contribution in [1.29, 1.82) is 0 Å². The highest BCUT2D eigenvalue weighted by molar-refractivity contribution is 8.77. The number of ether oxygens (including phenoxy) is 2. The van der Waals surface area contributed by atoms with Gasteiger partial charge in [0.2, 0.25) is 0 Å². The van der Waals surface area contributed by atoms with Crippen molar-refractivity contribution in [3.05, 3.63) is 120 Å². The van der Waals surface area contributed by atoms with Gasteiger partial charge in [0.25, 0.3) is 0 Å². The summed E-state index contributed by atoms with van der Waals surface area (Å²) in [5.74, 6) is 2.50. The topological polar surface area (TPSA) is 61.3 Å². The number of fused-ring (bicyclic) bond motifs is 3. The van der Waals surface area contributed by atoms with Crippen molar-refractivity contribution in [2.45, 2.75) is 57.8 Å². The molecule has 0 spiro atoms. The van der Waals surface area contributed by atoms with Crippen LogP contribution in [0.25, 0.3) is 44.1 Å². The van der Waals surface area contributed by atoms with Gasteiger partial charge in [-0.15, -0.1) is 0 Å². The molecule has 4 aromatic carbocycles. The highest BCUT2D eigenvalue weighted by Gasteiger charge is 2.17.